The average Bonchev–Trinajstić information content (AvgIpc) is 1.63. The van der Waals surface area contributed by atoms with E-state index in [0.29, 0.717) is 16.7 Å². The van der Waals surface area contributed by atoms with E-state index in [2.05, 4.69) is 161 Å². The second-order valence-corrected chi connectivity index (χ2v) is 54.0. The summed E-state index contributed by atoms with van der Waals surface area (Å²) < 4.78 is 239. The van der Waals surface area contributed by atoms with E-state index in [1.165, 1.54) is 84.1 Å². The number of ether oxygens (including phenoxy) is 7. The first kappa shape index (κ1) is 107. The van der Waals surface area contributed by atoms with Crippen molar-refractivity contribution < 1.29 is 128 Å². The fourth-order valence-electron chi connectivity index (χ4n) is 17.0. The summed E-state index contributed by atoms with van der Waals surface area (Å²) in [6.07, 6.45) is -14.1. The maximum absolute atomic E-state index is 15.2. The predicted octanol–water partition coefficient (Wildman–Crippen LogP) is 7.28. The summed E-state index contributed by atoms with van der Waals surface area (Å²) in [6, 6.07) is 0. The third-order valence-corrected chi connectivity index (χ3v) is 35.7. The number of H-pyrrole nitrogens is 2. The van der Waals surface area contributed by atoms with Crippen LogP contribution in [0.3, 0.4) is 0 Å². The van der Waals surface area contributed by atoms with Gasteiger partial charge >= 0.3 is 64.7 Å². The van der Waals surface area contributed by atoms with Crippen molar-refractivity contribution >= 4 is 207 Å². The molecule has 7 aliphatic heterocycles. The number of aryl methyl sites for hydroxylation is 3. The smallest absolute Gasteiger partial charge is 0.383 e. The second-order valence-electron chi connectivity index (χ2n) is 33.8. The predicted molar refractivity (Wildman–Crippen MR) is 527 cm³/mol. The zero-order valence-corrected chi connectivity index (χ0v) is 88.3. The van der Waals surface area contributed by atoms with E-state index in [9.17, 15) is 42.2 Å². The van der Waals surface area contributed by atoms with E-state index < -0.39 is 251 Å². The Morgan fingerprint density at radius 3 is 0.834 bits per heavy atom. The van der Waals surface area contributed by atoms with Gasteiger partial charge in [-0.3, -0.25) is 110 Å². The highest BCUT2D eigenvalue weighted by Gasteiger charge is 2.53. The number of fused-ring (bicyclic) bond motifs is 4. The molecule has 74 heteroatoms. The van der Waals surface area contributed by atoms with Crippen molar-refractivity contribution in [2.45, 2.75) is 202 Å². The molecule has 7 saturated heterocycles. The van der Waals surface area contributed by atoms with Gasteiger partial charge in [-0.2, -0.15) is 4.98 Å². The zero-order chi connectivity index (χ0) is 103. The molecule has 786 valence electrons. The van der Waals surface area contributed by atoms with Crippen LogP contribution in [-0.2, 0) is 128 Å². The van der Waals surface area contributed by atoms with Gasteiger partial charge < -0.3 is 66.4 Å². The molecule has 0 aliphatic carbocycles. The van der Waals surface area contributed by atoms with Crippen molar-refractivity contribution in [1.29, 1.82) is 0 Å². The van der Waals surface area contributed by atoms with Crippen LogP contribution in [0.4, 0.5) is 29.1 Å². The molecular formula is C71H92N27O33P7S7. The Kier molecular flexibility index (Phi) is 31.9. The molecule has 28 atom stereocenters. The Bertz CT molecular complexity index is 7450. The number of nitrogens with zero attached hydrogens (tertiary/aromatic N) is 20. The Balaban J connectivity index is 0.557. The topological polar surface area (TPSA) is 762 Å². The third kappa shape index (κ3) is 24.4. The fraction of sp³-hybridized carbons (Fsp3) is 0.549. The van der Waals surface area contributed by atoms with Gasteiger partial charge in [-0.05, 0) is 27.7 Å². The normalized spacial score (nSPS) is 29.6. The van der Waals surface area contributed by atoms with Gasteiger partial charge in [0.15, 0.2) is 45.9 Å². The largest absolute Gasteiger partial charge is 0.386 e. The van der Waals surface area contributed by atoms with Crippen LogP contribution in [0.5, 0.6) is 0 Å². The summed E-state index contributed by atoms with van der Waals surface area (Å²) >= 11 is 30.2. The summed E-state index contributed by atoms with van der Waals surface area (Å²) in [5, 5.41) is 0. The molecule has 60 nitrogen and oxygen atoms in total. The SMILES string of the molecule is COP(=O)(S)O[C@@H]1C[C@H](n2cnc3c(N)ncnc32)O[C@@H]1COP(=O)(S)O[C@@H]1C[C@H](n2cc(C)c(=O)[nH]c2=O)O[C@@H]1COP(=O)(S)O[C@@H]1C[C@H](n2cnc3c(N)ncnc32)O[C@@H]1COP(=O)(S)O[C@@H]1C[C@H](n2cnc3c(N)ncnc32)O[C@@H]1COP(=O)(S)O[C@@H]1C[C@H](n2cc(C)c(=O)[nH]c2=O)O[C@@H]1COP(=O)(S)O[C@@H]1C[C@H](n2cc(C)c(N)nc2=O)O[C@@H]1COP(=O)(S)O[C@@H]1C[C@H](n2cnc3c(N)ncnc32)O[C@@H]1C. The Labute approximate surface area is 851 Å². The number of hydrogen-bond donors (Lipinski definition) is 14. The zero-order valence-electron chi connectivity index (χ0n) is 75.7. The Morgan fingerprint density at radius 1 is 0.324 bits per heavy atom. The van der Waals surface area contributed by atoms with Crippen LogP contribution >= 0.6 is 133 Å². The van der Waals surface area contributed by atoms with Crippen LogP contribution in [-0.4, -0.2) is 239 Å². The molecule has 0 radical (unpaired) electrons. The number of hydrogen-bond acceptors (Lipinski definition) is 51. The van der Waals surface area contributed by atoms with Crippen LogP contribution in [0.2, 0.25) is 0 Å². The number of nitrogen functional groups attached to an aromatic ring is 5. The highest BCUT2D eigenvalue weighted by Crippen LogP contribution is 2.65. The highest BCUT2D eigenvalue weighted by atomic mass is 32.7. The lowest BCUT2D eigenvalue weighted by Crippen LogP contribution is -2.33. The van der Waals surface area contributed by atoms with Gasteiger partial charge in [-0.1, -0.05) is 85.7 Å². The highest BCUT2D eigenvalue weighted by molar-refractivity contribution is 8.46. The van der Waals surface area contributed by atoms with Gasteiger partial charge in [-0.15, -0.1) is 0 Å². The lowest BCUT2D eigenvalue weighted by molar-refractivity contribution is -0.0530. The number of imidazole rings is 4. The quantitative estimate of drug-likeness (QED) is 0.0132. The number of aromatic amines is 2. The van der Waals surface area contributed by atoms with Gasteiger partial charge in [0.05, 0.1) is 77.2 Å². The van der Waals surface area contributed by atoms with Gasteiger partial charge in [-0.25, -0.2) is 106 Å². The Hall–Kier alpha value is -7.34. The van der Waals surface area contributed by atoms with E-state index in [4.69, 9.17) is 125 Å². The third-order valence-electron chi connectivity index (χ3n) is 24.1. The molecule has 0 saturated carbocycles. The molecule has 0 aromatic carbocycles. The van der Waals surface area contributed by atoms with Crippen molar-refractivity contribution in [3.05, 3.63) is 138 Å². The first-order valence-corrected chi connectivity index (χ1v) is 62.3. The van der Waals surface area contributed by atoms with Gasteiger partial charge in [0.2, 0.25) is 0 Å². The molecule has 11 aromatic heterocycles. The van der Waals surface area contributed by atoms with E-state index in [-0.39, 0.29) is 112 Å². The minimum atomic E-state index is -4.87. The average molecular weight is 2290 g/mol. The number of nitrogens with two attached hydrogens (primary N) is 5. The summed E-state index contributed by atoms with van der Waals surface area (Å²) in [7, 11) is 1.10. The number of thiol groups is 7. The lowest BCUT2D eigenvalue weighted by Gasteiger charge is -2.27. The van der Waals surface area contributed by atoms with Crippen molar-refractivity contribution in [2.75, 3.05) is 75.4 Å². The monoisotopic (exact) mass is 2290 g/mol. The molecule has 0 spiro atoms. The number of aromatic nitrogens is 22. The molecule has 0 amide bonds. The first-order valence-electron chi connectivity index (χ1n) is 43.4. The summed E-state index contributed by atoms with van der Waals surface area (Å²) in [5.74, 6) is 0.0728. The second kappa shape index (κ2) is 43.1. The van der Waals surface area contributed by atoms with Crippen LogP contribution in [0.1, 0.15) is 112 Å². The van der Waals surface area contributed by atoms with Crippen LogP contribution in [0.15, 0.2) is 93.2 Å². The molecule has 11 aromatic rings. The van der Waals surface area contributed by atoms with Crippen LogP contribution in [0, 0.1) is 20.8 Å². The van der Waals surface area contributed by atoms with Gasteiger partial charge in [0.1, 0.15) is 170 Å². The van der Waals surface area contributed by atoms with Crippen molar-refractivity contribution in [3.8, 4) is 0 Å². The Morgan fingerprint density at radius 2 is 0.559 bits per heavy atom. The molecule has 7 unspecified atom stereocenters. The van der Waals surface area contributed by atoms with E-state index in [1.807, 2.05) is 0 Å². The summed E-state index contributed by atoms with van der Waals surface area (Å²) in [4.78, 5) is 125. The molecule has 7 aliphatic rings. The molecule has 0 bridgehead atoms. The number of nitrogens with one attached hydrogen (secondary N) is 2. The van der Waals surface area contributed by atoms with Crippen molar-refractivity contribution in [1.82, 2.24) is 107 Å². The van der Waals surface area contributed by atoms with Gasteiger partial charge in [0.25, 0.3) is 11.1 Å². The summed E-state index contributed by atoms with van der Waals surface area (Å²) in [5.41, 5.74) is 28.5. The maximum atomic E-state index is 15.2. The standard InChI is InChI=1S/C71H92N27O33P7S7/c1-30-13-92(69(101)89-58(30)72)47-7-36(42(119-47)17-112-133(105,140)125-34-6-50(118-33(34)4)95-26-85-54-59(73)77-22-81-63(54)95)127-135(107,142)114-18-43-38(9-49(120-43)94-15-32(3)68(100)91-71(94)103)129-136(108,143)116-20-45-40(12-53(123-45)98-29-88-57-62(76)80-25-84-66(57)98)131-138(110,145)117-21-46-39(11-52(124-46)97-28-87-56-61(75)79-24-83-65(56)97)130-137(109,144)115-19-44-37(8-48(121-44)93-14-31(2)67(99)90-70(93)102)128-134(106,141)113-16-41-35(126-132(104,139)111-5)10-51(122-41)96-27-86-55-60(74)78-23-82-64(55)96/h13-15,22-29,33-53H,6-12,16-21H2,1-5H3,(H,104,139)(H,105,140)(H,106,141)(H,107,142)(H,108,143)(H,109,144)(H,110,145)(H2,72,89,101)(H2,73,77,81)(H2,74,78,82)(H2,75,79,83)(H2,76,80,84)(H,90,99,102)(H,91,100,103)/t33-,34-,35-,36-,37-,38-,39-,40-,41-,42-,43-,44-,45-,46-,47-,48-,49-,50-,51-,52-,53-,132?,133?,134?,135?,136?,137?,138?/m1/s1. The molecule has 18 rings (SSSR count). The van der Waals surface area contributed by atoms with E-state index >= 15 is 13.7 Å². The molecular weight excluding hydrogens is 2200 g/mol. The lowest BCUT2D eigenvalue weighted by atomic mass is 10.2. The van der Waals surface area contributed by atoms with Crippen LogP contribution < -0.4 is 56.9 Å². The maximum Gasteiger partial charge on any atom is 0.386 e. The molecule has 18 heterocycles. The minimum absolute atomic E-state index is 0.0182. The molecule has 12 N–H and O–H groups in total. The fourth-order valence-corrected chi connectivity index (χ4v) is 27.2. The van der Waals surface area contributed by atoms with Crippen LogP contribution in [0.25, 0.3) is 44.7 Å². The number of rotatable bonds is 40. The first-order chi connectivity index (χ1) is 68.6. The van der Waals surface area contributed by atoms with Gasteiger partial charge in [0, 0.05) is 87.3 Å². The minimum Gasteiger partial charge on any atom is -0.383 e. The van der Waals surface area contributed by atoms with Crippen molar-refractivity contribution in [2.24, 2.45) is 0 Å². The van der Waals surface area contributed by atoms with Crippen molar-refractivity contribution in [3.63, 3.8) is 0 Å². The summed E-state index contributed by atoms with van der Waals surface area (Å²) in [6.45, 7) is -31.0. The number of anilines is 5. The van der Waals surface area contributed by atoms with E-state index in [0.717, 1.165) is 33.5 Å². The molecule has 7 fully saturated rings. The molecule has 145 heavy (non-hydrogen) atoms. The van der Waals surface area contributed by atoms with E-state index in [1.54, 1.807) is 18.4 Å².